The summed E-state index contributed by atoms with van der Waals surface area (Å²) in [6.45, 7) is 1.23. The Labute approximate surface area is 116 Å². The summed E-state index contributed by atoms with van der Waals surface area (Å²) in [6.07, 6.45) is 8.58. The van der Waals surface area contributed by atoms with E-state index < -0.39 is 9.84 Å². The van der Waals surface area contributed by atoms with Crippen LogP contribution in [0.3, 0.4) is 0 Å². The zero-order valence-corrected chi connectivity index (χ0v) is 12.7. The van der Waals surface area contributed by atoms with Crippen molar-refractivity contribution in [1.29, 1.82) is 0 Å². The maximum absolute atomic E-state index is 11.6. The second kappa shape index (κ2) is 6.55. The fourth-order valence-electron chi connectivity index (χ4n) is 3.66. The zero-order valence-electron chi connectivity index (χ0n) is 11.8. The van der Waals surface area contributed by atoms with Gasteiger partial charge in [0.2, 0.25) is 0 Å². The number of rotatable bonds is 5. The highest BCUT2D eigenvalue weighted by atomic mass is 32.2. The smallest absolute Gasteiger partial charge is 0.150 e. The van der Waals surface area contributed by atoms with Crippen LogP contribution in [0.25, 0.3) is 0 Å². The molecule has 0 aliphatic heterocycles. The molecule has 0 aromatic carbocycles. The summed E-state index contributed by atoms with van der Waals surface area (Å²) in [7, 11) is -2.89. The van der Waals surface area contributed by atoms with Crippen molar-refractivity contribution in [3.8, 4) is 0 Å². The minimum Gasteiger partial charge on any atom is -0.396 e. The minimum atomic E-state index is -2.89. The van der Waals surface area contributed by atoms with Crippen molar-refractivity contribution < 1.29 is 13.5 Å². The monoisotopic (exact) mass is 289 g/mol. The van der Waals surface area contributed by atoms with Crippen LogP contribution in [0.2, 0.25) is 0 Å². The fraction of sp³-hybridized carbons (Fsp3) is 1.00. The van der Waals surface area contributed by atoms with Crippen LogP contribution in [0.4, 0.5) is 0 Å². The van der Waals surface area contributed by atoms with Crippen LogP contribution in [0, 0.1) is 11.8 Å². The lowest BCUT2D eigenvalue weighted by molar-refractivity contribution is 0.188. The Balaban J connectivity index is 1.80. The lowest BCUT2D eigenvalue weighted by Gasteiger charge is -2.30. The van der Waals surface area contributed by atoms with Crippen LogP contribution in [-0.4, -0.2) is 44.2 Å². The van der Waals surface area contributed by atoms with Crippen LogP contribution in [0.15, 0.2) is 0 Å². The first-order valence-electron chi connectivity index (χ1n) is 7.54. The van der Waals surface area contributed by atoms with E-state index in [9.17, 15) is 13.5 Å². The van der Waals surface area contributed by atoms with Crippen LogP contribution in [0.5, 0.6) is 0 Å². The van der Waals surface area contributed by atoms with Gasteiger partial charge >= 0.3 is 0 Å². The average molecular weight is 289 g/mol. The molecule has 112 valence electrons. The molecule has 2 aliphatic carbocycles. The first kappa shape index (κ1) is 15.3. The van der Waals surface area contributed by atoms with E-state index in [0.29, 0.717) is 24.5 Å². The summed E-state index contributed by atoms with van der Waals surface area (Å²) in [5.74, 6) is 1.02. The molecule has 4 nitrogen and oxygen atoms in total. The van der Waals surface area contributed by atoms with Gasteiger partial charge in [-0.15, -0.1) is 0 Å². The first-order chi connectivity index (χ1) is 9.00. The first-order valence-corrected chi connectivity index (χ1v) is 9.49. The summed E-state index contributed by atoms with van der Waals surface area (Å²) in [5.41, 5.74) is 0. The highest BCUT2D eigenvalue weighted by molar-refractivity contribution is 7.91. The molecular weight excluding hydrogens is 262 g/mol. The second-order valence-corrected chi connectivity index (χ2v) is 8.68. The fourth-order valence-corrected chi connectivity index (χ4v) is 4.84. The molecule has 4 atom stereocenters. The molecule has 2 saturated carbocycles. The summed E-state index contributed by atoms with van der Waals surface area (Å²) in [6, 6.07) is 0.341. The van der Waals surface area contributed by atoms with Gasteiger partial charge < -0.3 is 10.4 Å². The second-order valence-electron chi connectivity index (χ2n) is 6.36. The molecule has 19 heavy (non-hydrogen) atoms. The average Bonchev–Trinajstić information content (AvgIpc) is 2.83. The van der Waals surface area contributed by atoms with E-state index in [0.717, 1.165) is 38.6 Å². The van der Waals surface area contributed by atoms with Crippen LogP contribution >= 0.6 is 0 Å². The highest BCUT2D eigenvalue weighted by Gasteiger charge is 2.31. The molecule has 0 amide bonds. The molecule has 4 unspecified atom stereocenters. The molecular formula is C14H27NO3S. The van der Waals surface area contributed by atoms with Gasteiger partial charge in [0.25, 0.3) is 0 Å². The van der Waals surface area contributed by atoms with Gasteiger partial charge in [0.05, 0.1) is 5.25 Å². The van der Waals surface area contributed by atoms with Crippen molar-refractivity contribution in [1.82, 2.24) is 5.32 Å². The van der Waals surface area contributed by atoms with Crippen LogP contribution in [-0.2, 0) is 9.84 Å². The van der Waals surface area contributed by atoms with Crippen molar-refractivity contribution in [3.63, 3.8) is 0 Å². The minimum absolute atomic E-state index is 0.157. The van der Waals surface area contributed by atoms with Gasteiger partial charge in [-0.1, -0.05) is 12.8 Å². The maximum Gasteiger partial charge on any atom is 0.150 e. The van der Waals surface area contributed by atoms with Gasteiger partial charge in [-0.2, -0.15) is 0 Å². The molecule has 0 spiro atoms. The molecule has 2 N–H and O–H groups in total. The van der Waals surface area contributed by atoms with E-state index in [2.05, 4.69) is 5.32 Å². The Bertz CT molecular complexity index is 382. The lowest BCUT2D eigenvalue weighted by atomic mass is 9.92. The molecule has 2 aliphatic rings. The summed E-state index contributed by atoms with van der Waals surface area (Å²) in [4.78, 5) is 0. The molecule has 0 aromatic rings. The predicted molar refractivity (Wildman–Crippen MR) is 76.8 cm³/mol. The third kappa shape index (κ3) is 4.17. The Kier molecular flexibility index (Phi) is 5.26. The number of sulfone groups is 1. The van der Waals surface area contributed by atoms with E-state index in [1.54, 1.807) is 0 Å². The van der Waals surface area contributed by atoms with Gasteiger partial charge in [0, 0.05) is 18.9 Å². The Morgan fingerprint density at radius 3 is 2.47 bits per heavy atom. The molecule has 0 heterocycles. The Morgan fingerprint density at radius 1 is 1.11 bits per heavy atom. The standard InChI is InChI=1S/C14H27NO3S/c1-19(17,18)14-7-3-6-13(8-14)15-9-11-4-2-5-12(11)10-16/h11-16H,2-10H2,1H3. The molecule has 5 heteroatoms. The van der Waals surface area contributed by atoms with Gasteiger partial charge in [-0.25, -0.2) is 8.42 Å². The molecule has 2 fully saturated rings. The van der Waals surface area contributed by atoms with E-state index >= 15 is 0 Å². The van der Waals surface area contributed by atoms with Gasteiger partial charge in [-0.3, -0.25) is 0 Å². The summed E-state index contributed by atoms with van der Waals surface area (Å²) < 4.78 is 23.3. The highest BCUT2D eigenvalue weighted by Crippen LogP contribution is 2.31. The lowest BCUT2D eigenvalue weighted by Crippen LogP contribution is -2.41. The topological polar surface area (TPSA) is 66.4 Å². The number of aliphatic hydroxyl groups excluding tert-OH is 1. The van der Waals surface area contributed by atoms with E-state index in [1.165, 1.54) is 19.1 Å². The maximum atomic E-state index is 11.6. The zero-order chi connectivity index (χ0) is 13.9. The number of nitrogens with one attached hydrogen (secondary N) is 1. The van der Waals surface area contributed by atoms with Crippen LogP contribution < -0.4 is 5.32 Å². The third-order valence-corrected chi connectivity index (χ3v) is 6.59. The number of hydrogen-bond acceptors (Lipinski definition) is 4. The summed E-state index contributed by atoms with van der Waals surface area (Å²) >= 11 is 0. The van der Waals surface area contributed by atoms with Gasteiger partial charge in [-0.05, 0) is 50.5 Å². The normalized spacial score (nSPS) is 36.5. The van der Waals surface area contributed by atoms with Crippen molar-refractivity contribution in [2.75, 3.05) is 19.4 Å². The van der Waals surface area contributed by atoms with Crippen molar-refractivity contribution in [2.24, 2.45) is 11.8 Å². The quantitative estimate of drug-likeness (QED) is 0.801. The number of aliphatic hydroxyl groups is 1. The van der Waals surface area contributed by atoms with Gasteiger partial charge in [0.15, 0.2) is 0 Å². The molecule has 0 radical (unpaired) electrons. The van der Waals surface area contributed by atoms with Crippen LogP contribution in [0.1, 0.15) is 44.9 Å². The van der Waals surface area contributed by atoms with Crippen molar-refractivity contribution in [2.45, 2.75) is 56.2 Å². The molecule has 0 bridgehead atoms. The van der Waals surface area contributed by atoms with Crippen molar-refractivity contribution in [3.05, 3.63) is 0 Å². The van der Waals surface area contributed by atoms with Gasteiger partial charge in [0.1, 0.15) is 9.84 Å². The van der Waals surface area contributed by atoms with E-state index in [-0.39, 0.29) is 5.25 Å². The van der Waals surface area contributed by atoms with Crippen molar-refractivity contribution >= 4 is 9.84 Å². The number of hydrogen-bond donors (Lipinski definition) is 2. The molecule has 0 saturated heterocycles. The van der Waals surface area contributed by atoms with E-state index in [4.69, 9.17) is 0 Å². The Morgan fingerprint density at radius 2 is 1.79 bits per heavy atom. The molecule has 2 rings (SSSR count). The van der Waals surface area contributed by atoms with E-state index in [1.807, 2.05) is 0 Å². The summed E-state index contributed by atoms with van der Waals surface area (Å²) in [5, 5.41) is 12.7. The predicted octanol–water partition coefficient (Wildman–Crippen LogP) is 1.34. The third-order valence-electron chi connectivity index (χ3n) is 4.95. The largest absolute Gasteiger partial charge is 0.396 e. The molecule has 0 aromatic heterocycles. The Hall–Kier alpha value is -0.130. The SMILES string of the molecule is CS(=O)(=O)C1CCCC(NCC2CCCC2CO)C1.